The number of nitrogens with zero attached hydrogens (tertiary/aromatic N) is 3. The lowest BCUT2D eigenvalue weighted by atomic mass is 10.1. The lowest BCUT2D eigenvalue weighted by molar-refractivity contribution is 0.808. The minimum Gasteiger partial charge on any atom is -0.256 e. The van der Waals surface area contributed by atoms with Gasteiger partial charge in [0.25, 0.3) is 0 Å². The molecule has 0 radical (unpaired) electrons. The van der Waals surface area contributed by atoms with Gasteiger partial charge in [0, 0.05) is 29.4 Å². The summed E-state index contributed by atoms with van der Waals surface area (Å²) in [6, 6.07) is 10.5. The number of aromatic nitrogens is 3. The molecule has 1 fully saturated rings. The monoisotopic (exact) mass is 249 g/mol. The van der Waals surface area contributed by atoms with Gasteiger partial charge in [-0.3, -0.25) is 4.98 Å². The van der Waals surface area contributed by atoms with Crippen molar-refractivity contribution in [1.29, 1.82) is 0 Å². The van der Waals surface area contributed by atoms with Crippen LogP contribution in [0.3, 0.4) is 0 Å². The molecule has 0 unspecified atom stereocenters. The first-order valence-electron chi connectivity index (χ1n) is 6.73. The molecule has 0 bridgehead atoms. The molecule has 3 aromatic rings. The van der Waals surface area contributed by atoms with Crippen molar-refractivity contribution in [2.75, 3.05) is 0 Å². The number of rotatable bonds is 2. The summed E-state index contributed by atoms with van der Waals surface area (Å²) in [7, 11) is 0. The molecule has 0 N–H and O–H groups in total. The molecule has 1 saturated carbocycles. The van der Waals surface area contributed by atoms with Crippen LogP contribution < -0.4 is 0 Å². The van der Waals surface area contributed by atoms with E-state index in [1.54, 1.807) is 0 Å². The second-order valence-electron chi connectivity index (χ2n) is 5.24. The number of hydrogen-bond acceptors (Lipinski definition) is 2. The second-order valence-corrected chi connectivity index (χ2v) is 5.24. The fourth-order valence-electron chi connectivity index (χ4n) is 2.72. The highest BCUT2D eigenvalue weighted by Crippen LogP contribution is 2.41. The fourth-order valence-corrected chi connectivity index (χ4v) is 2.72. The lowest BCUT2D eigenvalue weighted by Gasteiger charge is -2.12. The largest absolute Gasteiger partial charge is 0.256 e. The van der Waals surface area contributed by atoms with Gasteiger partial charge in [0.2, 0.25) is 0 Å². The summed E-state index contributed by atoms with van der Waals surface area (Å²) in [5.41, 5.74) is 4.78. The molecule has 1 aromatic carbocycles. The van der Waals surface area contributed by atoms with Crippen molar-refractivity contribution in [3.63, 3.8) is 0 Å². The minimum atomic E-state index is 0.689. The standard InChI is InChI=1S/C16H15N3/c1-11-4-7-14-13(3-2-9-17-14)16(11)19-15(8-10-18-19)12-5-6-12/h2-4,7-10,12H,5-6H2,1H3. The van der Waals surface area contributed by atoms with E-state index in [0.717, 1.165) is 5.52 Å². The van der Waals surface area contributed by atoms with E-state index in [-0.39, 0.29) is 0 Å². The molecule has 0 spiro atoms. The Balaban J connectivity index is 2.03. The Morgan fingerprint density at radius 2 is 2.00 bits per heavy atom. The number of hydrogen-bond donors (Lipinski definition) is 0. The van der Waals surface area contributed by atoms with Gasteiger partial charge >= 0.3 is 0 Å². The summed E-state index contributed by atoms with van der Waals surface area (Å²) >= 11 is 0. The smallest absolute Gasteiger partial charge is 0.0772 e. The third kappa shape index (κ3) is 1.65. The van der Waals surface area contributed by atoms with Gasteiger partial charge < -0.3 is 0 Å². The summed E-state index contributed by atoms with van der Waals surface area (Å²) in [4.78, 5) is 4.44. The molecule has 0 amide bonds. The predicted molar refractivity (Wildman–Crippen MR) is 75.6 cm³/mol. The highest BCUT2D eigenvalue weighted by molar-refractivity contribution is 5.88. The van der Waals surface area contributed by atoms with Crippen LogP contribution in [0.5, 0.6) is 0 Å². The van der Waals surface area contributed by atoms with Crippen LogP contribution >= 0.6 is 0 Å². The summed E-state index contributed by atoms with van der Waals surface area (Å²) in [6.45, 7) is 2.14. The Morgan fingerprint density at radius 3 is 2.84 bits per heavy atom. The molecule has 0 aliphatic heterocycles. The summed E-state index contributed by atoms with van der Waals surface area (Å²) < 4.78 is 2.11. The van der Waals surface area contributed by atoms with Crippen molar-refractivity contribution in [2.45, 2.75) is 25.7 Å². The van der Waals surface area contributed by atoms with Crippen molar-refractivity contribution < 1.29 is 0 Å². The zero-order chi connectivity index (χ0) is 12.8. The summed E-state index contributed by atoms with van der Waals surface area (Å²) in [6.07, 6.45) is 6.32. The maximum atomic E-state index is 4.55. The van der Waals surface area contributed by atoms with E-state index in [9.17, 15) is 0 Å². The number of fused-ring (bicyclic) bond motifs is 1. The van der Waals surface area contributed by atoms with E-state index >= 15 is 0 Å². The van der Waals surface area contributed by atoms with Crippen LogP contribution in [0.1, 0.15) is 30.0 Å². The lowest BCUT2D eigenvalue weighted by Crippen LogP contribution is -2.04. The molecular formula is C16H15N3. The number of benzene rings is 1. The van der Waals surface area contributed by atoms with Gasteiger partial charge in [0.05, 0.1) is 11.2 Å². The molecular weight excluding hydrogens is 234 g/mol. The van der Waals surface area contributed by atoms with E-state index in [2.05, 4.69) is 46.0 Å². The van der Waals surface area contributed by atoms with Crippen LogP contribution in [0.4, 0.5) is 0 Å². The van der Waals surface area contributed by atoms with Crippen molar-refractivity contribution in [2.24, 2.45) is 0 Å². The molecule has 19 heavy (non-hydrogen) atoms. The SMILES string of the molecule is Cc1ccc2ncccc2c1-n1nccc1C1CC1. The van der Waals surface area contributed by atoms with Gasteiger partial charge in [-0.05, 0) is 49.6 Å². The van der Waals surface area contributed by atoms with E-state index in [1.165, 1.54) is 35.2 Å². The first-order chi connectivity index (χ1) is 9.34. The molecule has 2 heterocycles. The van der Waals surface area contributed by atoms with Crippen LogP contribution in [-0.2, 0) is 0 Å². The Hall–Kier alpha value is -2.16. The highest BCUT2D eigenvalue weighted by Gasteiger charge is 2.28. The average Bonchev–Trinajstić information content (AvgIpc) is 3.17. The Bertz CT molecular complexity index is 754. The third-order valence-electron chi connectivity index (χ3n) is 3.84. The molecule has 1 aliphatic rings. The molecule has 0 atom stereocenters. The first kappa shape index (κ1) is 10.7. The summed E-state index contributed by atoms with van der Waals surface area (Å²) in [5, 5.41) is 5.72. The summed E-state index contributed by atoms with van der Waals surface area (Å²) in [5.74, 6) is 0.689. The maximum Gasteiger partial charge on any atom is 0.0772 e. The predicted octanol–water partition coefficient (Wildman–Crippen LogP) is 3.61. The van der Waals surface area contributed by atoms with E-state index in [0.29, 0.717) is 5.92 Å². The van der Waals surface area contributed by atoms with Crippen molar-refractivity contribution in [1.82, 2.24) is 14.8 Å². The van der Waals surface area contributed by atoms with Crippen molar-refractivity contribution in [3.8, 4) is 5.69 Å². The highest BCUT2D eigenvalue weighted by atomic mass is 15.3. The third-order valence-corrected chi connectivity index (χ3v) is 3.84. The number of pyridine rings is 1. The Morgan fingerprint density at radius 1 is 1.11 bits per heavy atom. The first-order valence-corrected chi connectivity index (χ1v) is 6.73. The zero-order valence-corrected chi connectivity index (χ0v) is 10.9. The maximum absolute atomic E-state index is 4.55. The molecule has 3 heteroatoms. The molecule has 3 nitrogen and oxygen atoms in total. The topological polar surface area (TPSA) is 30.7 Å². The molecule has 1 aliphatic carbocycles. The second kappa shape index (κ2) is 3.92. The Kier molecular flexibility index (Phi) is 2.21. The minimum absolute atomic E-state index is 0.689. The Labute approximate surface area is 111 Å². The quantitative estimate of drug-likeness (QED) is 0.694. The van der Waals surface area contributed by atoms with Gasteiger partial charge in [-0.25, -0.2) is 4.68 Å². The average molecular weight is 249 g/mol. The normalized spacial score (nSPS) is 15.0. The fraction of sp³-hybridized carbons (Fsp3) is 0.250. The van der Waals surface area contributed by atoms with Gasteiger partial charge in [0.15, 0.2) is 0 Å². The molecule has 4 rings (SSSR count). The van der Waals surface area contributed by atoms with E-state index in [1.807, 2.05) is 18.5 Å². The van der Waals surface area contributed by atoms with Gasteiger partial charge in [-0.1, -0.05) is 6.07 Å². The molecule has 0 saturated heterocycles. The van der Waals surface area contributed by atoms with Gasteiger partial charge in [-0.15, -0.1) is 0 Å². The van der Waals surface area contributed by atoms with Crippen LogP contribution in [0.15, 0.2) is 42.7 Å². The van der Waals surface area contributed by atoms with Gasteiger partial charge in [-0.2, -0.15) is 5.10 Å². The van der Waals surface area contributed by atoms with Gasteiger partial charge in [0.1, 0.15) is 0 Å². The number of aryl methyl sites for hydroxylation is 1. The van der Waals surface area contributed by atoms with Crippen LogP contribution in [0.25, 0.3) is 16.6 Å². The van der Waals surface area contributed by atoms with E-state index < -0.39 is 0 Å². The molecule has 2 aromatic heterocycles. The van der Waals surface area contributed by atoms with E-state index in [4.69, 9.17) is 0 Å². The van der Waals surface area contributed by atoms with Crippen LogP contribution in [0, 0.1) is 6.92 Å². The molecule has 94 valence electrons. The zero-order valence-electron chi connectivity index (χ0n) is 10.9. The van der Waals surface area contributed by atoms with Crippen molar-refractivity contribution in [3.05, 3.63) is 54.0 Å². The van der Waals surface area contributed by atoms with Crippen LogP contribution in [-0.4, -0.2) is 14.8 Å². The van der Waals surface area contributed by atoms with Crippen LogP contribution in [0.2, 0.25) is 0 Å². The van der Waals surface area contributed by atoms with Crippen molar-refractivity contribution >= 4 is 10.9 Å².